The molecule has 11 heteroatoms. The molecule has 0 aliphatic carbocycles. The number of benzene rings is 1. The van der Waals surface area contributed by atoms with Gasteiger partial charge in [0.05, 0.1) is 6.54 Å². The van der Waals surface area contributed by atoms with Crippen molar-refractivity contribution in [1.29, 1.82) is 0 Å². The quantitative estimate of drug-likeness (QED) is 0.318. The number of carbonyl (C=O) groups excluding carboxylic acids is 3. The van der Waals surface area contributed by atoms with Crippen molar-refractivity contribution in [2.45, 2.75) is 20.8 Å². The minimum atomic E-state index is -0.274. The number of amides is 3. The summed E-state index contributed by atoms with van der Waals surface area (Å²) in [6.07, 6.45) is 0. The Bertz CT molecular complexity index is 951. The van der Waals surface area contributed by atoms with Crippen molar-refractivity contribution in [3.05, 3.63) is 34.9 Å². The van der Waals surface area contributed by atoms with Crippen molar-refractivity contribution < 1.29 is 14.4 Å². The molecule has 3 amide bonds. The fraction of sp³-hybridized carbons (Fsp3) is 0.381. The minimum Gasteiger partial charge on any atom is -0.368 e. The van der Waals surface area contributed by atoms with Gasteiger partial charge in [0.25, 0.3) is 0 Å². The maximum atomic E-state index is 11.7. The van der Waals surface area contributed by atoms with Gasteiger partial charge in [0.2, 0.25) is 17.7 Å². The topological polar surface area (TPSA) is 137 Å². The zero-order valence-electron chi connectivity index (χ0n) is 18.3. The molecule has 0 spiro atoms. The van der Waals surface area contributed by atoms with Gasteiger partial charge in [-0.1, -0.05) is 11.6 Å². The average Bonchev–Trinajstić information content (AvgIpc) is 2.75. The third kappa shape index (κ3) is 8.38. The molecule has 0 saturated heterocycles. The van der Waals surface area contributed by atoms with E-state index < -0.39 is 0 Å². The van der Waals surface area contributed by atoms with E-state index in [1.807, 2.05) is 19.1 Å². The van der Waals surface area contributed by atoms with E-state index in [1.165, 1.54) is 13.8 Å². The van der Waals surface area contributed by atoms with Crippen molar-refractivity contribution in [2.24, 2.45) is 0 Å². The van der Waals surface area contributed by atoms with Crippen LogP contribution in [0.2, 0.25) is 5.02 Å². The molecule has 0 atom stereocenters. The van der Waals surface area contributed by atoms with E-state index in [0.29, 0.717) is 48.7 Å². The third-order valence-corrected chi connectivity index (χ3v) is 4.53. The van der Waals surface area contributed by atoms with Crippen LogP contribution in [-0.4, -0.2) is 60.4 Å². The first-order chi connectivity index (χ1) is 15.3. The van der Waals surface area contributed by atoms with Crippen LogP contribution in [0.5, 0.6) is 0 Å². The monoisotopic (exact) mass is 461 g/mol. The first kappa shape index (κ1) is 24.9. The molecule has 2 aromatic rings. The number of anilines is 2. The lowest BCUT2D eigenvalue weighted by molar-refractivity contribution is -0.124. The summed E-state index contributed by atoms with van der Waals surface area (Å²) in [5, 5.41) is 14.9. The standard InChI is InChI=1S/C21H28ClN7O3/c1-13-19(25-10-8-23-14(2)30)28-21(16-4-6-17(22)7-5-16)29-20(13)26-11-9-24-18(32)12-27-15(3)31/h4-7H,8-12H2,1-3H3,(H,23,30)(H,24,32)(H,27,31)(H2,25,26,28,29). The van der Waals surface area contributed by atoms with Gasteiger partial charge in [-0.2, -0.15) is 0 Å². The number of carbonyl (C=O) groups is 3. The number of aromatic nitrogens is 2. The van der Waals surface area contributed by atoms with Crippen LogP contribution in [0.1, 0.15) is 19.4 Å². The van der Waals surface area contributed by atoms with Gasteiger partial charge in [0.15, 0.2) is 5.82 Å². The maximum Gasteiger partial charge on any atom is 0.239 e. The first-order valence-electron chi connectivity index (χ1n) is 10.1. The van der Waals surface area contributed by atoms with Crippen molar-refractivity contribution in [1.82, 2.24) is 25.9 Å². The molecule has 0 saturated carbocycles. The van der Waals surface area contributed by atoms with Gasteiger partial charge in [0.1, 0.15) is 11.6 Å². The Hall–Kier alpha value is -3.40. The van der Waals surface area contributed by atoms with E-state index in [-0.39, 0.29) is 24.3 Å². The van der Waals surface area contributed by atoms with E-state index in [9.17, 15) is 14.4 Å². The Labute approximate surface area is 191 Å². The SMILES string of the molecule is CC(=O)NCCNc1nc(-c2ccc(Cl)cc2)nc(NCCNC(=O)CNC(C)=O)c1C. The molecule has 5 N–H and O–H groups in total. The van der Waals surface area contributed by atoms with E-state index in [2.05, 4.69) is 36.6 Å². The molecule has 1 aromatic carbocycles. The van der Waals surface area contributed by atoms with E-state index in [1.54, 1.807) is 12.1 Å². The first-order valence-corrected chi connectivity index (χ1v) is 10.5. The zero-order valence-corrected chi connectivity index (χ0v) is 19.1. The molecule has 1 aromatic heterocycles. The predicted octanol–water partition coefficient (Wildman–Crippen LogP) is 1.32. The highest BCUT2D eigenvalue weighted by Crippen LogP contribution is 2.25. The smallest absolute Gasteiger partial charge is 0.239 e. The fourth-order valence-corrected chi connectivity index (χ4v) is 2.78. The van der Waals surface area contributed by atoms with Crippen LogP contribution in [0.3, 0.4) is 0 Å². The number of hydrogen-bond donors (Lipinski definition) is 5. The van der Waals surface area contributed by atoms with Crippen molar-refractivity contribution in [3.63, 3.8) is 0 Å². The van der Waals surface area contributed by atoms with Gasteiger partial charge >= 0.3 is 0 Å². The molecule has 0 aliphatic heterocycles. The highest BCUT2D eigenvalue weighted by atomic mass is 35.5. The number of rotatable bonds is 11. The Balaban J connectivity index is 2.09. The molecule has 0 radical (unpaired) electrons. The molecule has 1 heterocycles. The highest BCUT2D eigenvalue weighted by Gasteiger charge is 2.12. The lowest BCUT2D eigenvalue weighted by Crippen LogP contribution is -2.37. The molecular formula is C21H28ClN7O3. The van der Waals surface area contributed by atoms with Crippen LogP contribution >= 0.6 is 11.6 Å². The van der Waals surface area contributed by atoms with Crippen LogP contribution in [0.15, 0.2) is 24.3 Å². The normalized spacial score (nSPS) is 10.2. The van der Waals surface area contributed by atoms with Crippen molar-refractivity contribution >= 4 is 41.0 Å². The van der Waals surface area contributed by atoms with Crippen molar-refractivity contribution in [2.75, 3.05) is 43.4 Å². The van der Waals surface area contributed by atoms with E-state index in [4.69, 9.17) is 11.6 Å². The number of nitrogens with zero attached hydrogens (tertiary/aromatic N) is 2. The Morgan fingerprint density at radius 3 is 1.88 bits per heavy atom. The summed E-state index contributed by atoms with van der Waals surface area (Å²) in [5.74, 6) is 1.12. The Morgan fingerprint density at radius 1 is 0.812 bits per heavy atom. The van der Waals surface area contributed by atoms with Gasteiger partial charge in [-0.15, -0.1) is 0 Å². The average molecular weight is 462 g/mol. The van der Waals surface area contributed by atoms with Gasteiger partial charge in [-0.05, 0) is 31.2 Å². The molecule has 0 aliphatic rings. The lowest BCUT2D eigenvalue weighted by atomic mass is 10.2. The van der Waals surface area contributed by atoms with Gasteiger partial charge in [-0.3, -0.25) is 14.4 Å². The minimum absolute atomic E-state index is 0.0645. The second-order valence-corrected chi connectivity index (χ2v) is 7.41. The van der Waals surface area contributed by atoms with Crippen LogP contribution in [-0.2, 0) is 14.4 Å². The number of nitrogens with one attached hydrogen (secondary N) is 5. The van der Waals surface area contributed by atoms with E-state index in [0.717, 1.165) is 11.1 Å². The van der Waals surface area contributed by atoms with Gasteiger partial charge in [-0.25, -0.2) is 9.97 Å². The largest absolute Gasteiger partial charge is 0.368 e. The summed E-state index contributed by atoms with van der Waals surface area (Å²) < 4.78 is 0. The fourth-order valence-electron chi connectivity index (χ4n) is 2.66. The Kier molecular flexibility index (Phi) is 9.68. The molecule has 0 bridgehead atoms. The molecular weight excluding hydrogens is 434 g/mol. The van der Waals surface area contributed by atoms with Crippen LogP contribution < -0.4 is 26.6 Å². The van der Waals surface area contributed by atoms with Crippen molar-refractivity contribution in [3.8, 4) is 11.4 Å². The summed E-state index contributed by atoms with van der Waals surface area (Å²) in [6.45, 7) is 6.36. The van der Waals surface area contributed by atoms with Crippen LogP contribution in [0, 0.1) is 6.92 Å². The van der Waals surface area contributed by atoms with E-state index >= 15 is 0 Å². The lowest BCUT2D eigenvalue weighted by Gasteiger charge is -2.16. The highest BCUT2D eigenvalue weighted by molar-refractivity contribution is 6.30. The summed E-state index contributed by atoms with van der Waals surface area (Å²) in [7, 11) is 0. The second-order valence-electron chi connectivity index (χ2n) is 6.97. The summed E-state index contributed by atoms with van der Waals surface area (Å²) in [6, 6.07) is 7.20. The predicted molar refractivity (Wildman–Crippen MR) is 125 cm³/mol. The van der Waals surface area contributed by atoms with Gasteiger partial charge in [0, 0.05) is 56.2 Å². The summed E-state index contributed by atoms with van der Waals surface area (Å²) >= 11 is 5.99. The Morgan fingerprint density at radius 2 is 1.34 bits per heavy atom. The number of hydrogen-bond acceptors (Lipinski definition) is 7. The molecule has 32 heavy (non-hydrogen) atoms. The molecule has 0 unspecified atom stereocenters. The molecule has 10 nitrogen and oxygen atoms in total. The van der Waals surface area contributed by atoms with Crippen LogP contribution in [0.25, 0.3) is 11.4 Å². The molecule has 2 rings (SSSR count). The number of halogens is 1. The zero-order chi connectivity index (χ0) is 23.5. The van der Waals surface area contributed by atoms with Crippen LogP contribution in [0.4, 0.5) is 11.6 Å². The molecule has 172 valence electrons. The summed E-state index contributed by atoms with van der Waals surface area (Å²) in [5.41, 5.74) is 1.60. The second kappa shape index (κ2) is 12.5. The van der Waals surface area contributed by atoms with Gasteiger partial charge < -0.3 is 26.6 Å². The maximum absolute atomic E-state index is 11.7. The molecule has 0 fully saturated rings. The summed E-state index contributed by atoms with van der Waals surface area (Å²) in [4.78, 5) is 42.9. The third-order valence-electron chi connectivity index (χ3n) is 4.28.